The maximum absolute atomic E-state index is 13.5. The molecule has 0 saturated carbocycles. The van der Waals surface area contributed by atoms with Gasteiger partial charge in [0, 0.05) is 23.4 Å². The molecule has 2 aromatic heterocycles. The van der Waals surface area contributed by atoms with Gasteiger partial charge in [0.2, 0.25) is 0 Å². The number of nitrogens with one attached hydrogen (secondary N) is 1. The lowest BCUT2D eigenvalue weighted by molar-refractivity contribution is 0.0725. The lowest BCUT2D eigenvalue weighted by Crippen LogP contribution is -2.39. The first-order valence-electron chi connectivity index (χ1n) is 10.0. The zero-order chi connectivity index (χ0) is 22.4. The van der Waals surface area contributed by atoms with Crippen LogP contribution >= 0.6 is 11.6 Å². The predicted octanol–water partition coefficient (Wildman–Crippen LogP) is 4.12. The first kappa shape index (κ1) is 21.2. The number of benzene rings is 1. The van der Waals surface area contributed by atoms with Crippen molar-refractivity contribution in [3.05, 3.63) is 66.9 Å². The minimum atomic E-state index is -0.262. The minimum absolute atomic E-state index is 0.141. The summed E-state index contributed by atoms with van der Waals surface area (Å²) in [6.45, 7) is 8.07. The van der Waals surface area contributed by atoms with E-state index < -0.39 is 0 Å². The minimum Gasteiger partial charge on any atom is -0.496 e. The smallest absolute Gasteiger partial charge is 0.256 e. The molecule has 1 aliphatic heterocycles. The van der Waals surface area contributed by atoms with Crippen LogP contribution in [0.3, 0.4) is 0 Å². The number of carbonyl (C=O) groups is 1. The Labute approximate surface area is 185 Å². The SMILES string of the molecule is COc1cc(C)[nH]c(=O)c1CN1CCc2c(C)cc(-c3c(C)noc3C)c(Cl)c2C1=O. The van der Waals surface area contributed by atoms with Gasteiger partial charge >= 0.3 is 0 Å². The van der Waals surface area contributed by atoms with Gasteiger partial charge < -0.3 is 19.1 Å². The summed E-state index contributed by atoms with van der Waals surface area (Å²) in [5.41, 5.74) is 5.51. The van der Waals surface area contributed by atoms with Crippen LogP contribution in [0.1, 0.15) is 44.2 Å². The Balaban J connectivity index is 1.79. The number of amides is 1. The van der Waals surface area contributed by atoms with Gasteiger partial charge in [0.15, 0.2) is 0 Å². The fourth-order valence-corrected chi connectivity index (χ4v) is 4.64. The molecule has 1 amide bonds. The molecule has 0 atom stereocenters. The third-order valence-corrected chi connectivity index (χ3v) is 6.22. The van der Waals surface area contributed by atoms with Gasteiger partial charge in [0.25, 0.3) is 11.5 Å². The molecule has 0 aliphatic carbocycles. The summed E-state index contributed by atoms with van der Waals surface area (Å²) in [5, 5.41) is 4.40. The van der Waals surface area contributed by atoms with Gasteiger partial charge in [0.05, 0.1) is 35.5 Å². The molecule has 7 nitrogen and oxygen atoms in total. The van der Waals surface area contributed by atoms with Gasteiger partial charge in [-0.3, -0.25) is 9.59 Å². The Morgan fingerprint density at radius 2 is 1.94 bits per heavy atom. The van der Waals surface area contributed by atoms with Crippen LogP contribution in [0.15, 0.2) is 21.5 Å². The molecule has 0 spiro atoms. The van der Waals surface area contributed by atoms with E-state index in [4.69, 9.17) is 20.9 Å². The summed E-state index contributed by atoms with van der Waals surface area (Å²) < 4.78 is 10.7. The maximum Gasteiger partial charge on any atom is 0.256 e. The molecule has 0 bridgehead atoms. The topological polar surface area (TPSA) is 88.4 Å². The Kier molecular flexibility index (Phi) is 5.39. The molecule has 0 fully saturated rings. The zero-order valence-electron chi connectivity index (χ0n) is 18.2. The van der Waals surface area contributed by atoms with Crippen LogP contribution in [-0.4, -0.2) is 34.6 Å². The van der Waals surface area contributed by atoms with Crippen LogP contribution in [0.25, 0.3) is 11.1 Å². The third kappa shape index (κ3) is 3.53. The van der Waals surface area contributed by atoms with Gasteiger partial charge in [-0.25, -0.2) is 0 Å². The van der Waals surface area contributed by atoms with Gasteiger partial charge in [-0.05, 0) is 57.4 Å². The molecule has 1 aromatic carbocycles. The van der Waals surface area contributed by atoms with Crippen molar-refractivity contribution in [2.45, 2.75) is 40.7 Å². The van der Waals surface area contributed by atoms with Crippen molar-refractivity contribution in [3.8, 4) is 16.9 Å². The lowest BCUT2D eigenvalue weighted by Gasteiger charge is -2.31. The molecule has 1 N–H and O–H groups in total. The molecule has 3 aromatic rings. The highest BCUT2D eigenvalue weighted by molar-refractivity contribution is 6.37. The standard InChI is InChI=1S/C23H24ClN3O4/c1-11-8-16(19-13(3)26-31-14(19)4)21(24)20-15(11)6-7-27(23(20)29)10-17-18(30-5)9-12(2)25-22(17)28/h8-9H,6-7,10H2,1-5H3,(H,25,28). The van der Waals surface area contributed by atoms with Crippen molar-refractivity contribution in [2.24, 2.45) is 0 Å². The van der Waals surface area contributed by atoms with Crippen LogP contribution in [-0.2, 0) is 13.0 Å². The fraction of sp³-hybridized carbons (Fsp3) is 0.348. The molecule has 3 heterocycles. The lowest BCUT2D eigenvalue weighted by atomic mass is 9.89. The van der Waals surface area contributed by atoms with E-state index in [0.29, 0.717) is 46.3 Å². The highest BCUT2D eigenvalue weighted by atomic mass is 35.5. The van der Waals surface area contributed by atoms with Gasteiger partial charge in [-0.1, -0.05) is 16.8 Å². The average Bonchev–Trinajstić information content (AvgIpc) is 3.05. The summed E-state index contributed by atoms with van der Waals surface area (Å²) in [7, 11) is 1.52. The van der Waals surface area contributed by atoms with Crippen LogP contribution in [0, 0.1) is 27.7 Å². The van der Waals surface area contributed by atoms with Crippen molar-refractivity contribution in [1.82, 2.24) is 15.0 Å². The van der Waals surface area contributed by atoms with E-state index >= 15 is 0 Å². The Hall–Kier alpha value is -3.06. The molecule has 0 saturated heterocycles. The quantitative estimate of drug-likeness (QED) is 0.657. The number of aryl methyl sites for hydroxylation is 4. The van der Waals surface area contributed by atoms with Gasteiger partial charge in [-0.2, -0.15) is 0 Å². The van der Waals surface area contributed by atoms with Crippen LogP contribution in [0.5, 0.6) is 5.75 Å². The number of rotatable bonds is 4. The highest BCUT2D eigenvalue weighted by Gasteiger charge is 2.32. The number of halogens is 1. The van der Waals surface area contributed by atoms with E-state index in [9.17, 15) is 9.59 Å². The number of methoxy groups -OCH3 is 1. The molecule has 4 rings (SSSR count). The van der Waals surface area contributed by atoms with E-state index in [1.165, 1.54) is 7.11 Å². The van der Waals surface area contributed by atoms with Gasteiger partial charge in [0.1, 0.15) is 11.5 Å². The van der Waals surface area contributed by atoms with Crippen LogP contribution < -0.4 is 10.3 Å². The molecule has 0 unspecified atom stereocenters. The van der Waals surface area contributed by atoms with E-state index in [-0.39, 0.29) is 18.0 Å². The number of carbonyl (C=O) groups excluding carboxylic acids is 1. The van der Waals surface area contributed by atoms with Crippen molar-refractivity contribution >= 4 is 17.5 Å². The van der Waals surface area contributed by atoms with Crippen LogP contribution in [0.2, 0.25) is 5.02 Å². The summed E-state index contributed by atoms with van der Waals surface area (Å²) in [4.78, 5) is 30.5. The van der Waals surface area contributed by atoms with Crippen molar-refractivity contribution in [2.75, 3.05) is 13.7 Å². The molecule has 0 radical (unpaired) electrons. The number of pyridine rings is 1. The summed E-state index contributed by atoms with van der Waals surface area (Å²) in [6, 6.07) is 3.75. The van der Waals surface area contributed by atoms with Crippen LogP contribution in [0.4, 0.5) is 0 Å². The fourth-order valence-electron chi connectivity index (χ4n) is 4.29. The summed E-state index contributed by atoms with van der Waals surface area (Å²) >= 11 is 6.80. The summed E-state index contributed by atoms with van der Waals surface area (Å²) in [6.07, 6.45) is 0.653. The van der Waals surface area contributed by atoms with Crippen molar-refractivity contribution < 1.29 is 14.1 Å². The number of aromatic nitrogens is 2. The Bertz CT molecular complexity index is 1240. The predicted molar refractivity (Wildman–Crippen MR) is 118 cm³/mol. The number of fused-ring (bicyclic) bond motifs is 1. The summed E-state index contributed by atoms with van der Waals surface area (Å²) in [5.74, 6) is 0.909. The molecular formula is C23H24ClN3O4. The number of aromatic amines is 1. The second-order valence-electron chi connectivity index (χ2n) is 7.91. The normalized spacial score (nSPS) is 13.5. The molecule has 162 valence electrons. The zero-order valence-corrected chi connectivity index (χ0v) is 18.9. The molecule has 1 aliphatic rings. The van der Waals surface area contributed by atoms with E-state index in [1.807, 2.05) is 26.8 Å². The Morgan fingerprint density at radius 3 is 2.58 bits per heavy atom. The molecule has 8 heteroatoms. The maximum atomic E-state index is 13.5. The highest BCUT2D eigenvalue weighted by Crippen LogP contribution is 2.40. The number of hydrogen-bond donors (Lipinski definition) is 1. The van der Waals surface area contributed by atoms with Crippen molar-refractivity contribution in [3.63, 3.8) is 0 Å². The second kappa shape index (κ2) is 7.89. The molecule has 31 heavy (non-hydrogen) atoms. The number of nitrogens with zero attached hydrogens (tertiary/aromatic N) is 2. The second-order valence-corrected chi connectivity index (χ2v) is 8.29. The van der Waals surface area contributed by atoms with E-state index in [1.54, 1.807) is 17.9 Å². The van der Waals surface area contributed by atoms with Crippen molar-refractivity contribution in [1.29, 1.82) is 0 Å². The largest absolute Gasteiger partial charge is 0.496 e. The number of H-pyrrole nitrogens is 1. The molecular weight excluding hydrogens is 418 g/mol. The first-order valence-corrected chi connectivity index (χ1v) is 10.4. The number of ether oxygens (including phenoxy) is 1. The average molecular weight is 442 g/mol. The van der Waals surface area contributed by atoms with E-state index in [2.05, 4.69) is 10.1 Å². The van der Waals surface area contributed by atoms with E-state index in [0.717, 1.165) is 27.9 Å². The monoisotopic (exact) mass is 441 g/mol. The third-order valence-electron chi connectivity index (χ3n) is 5.83. The Morgan fingerprint density at radius 1 is 1.19 bits per heavy atom. The first-order chi connectivity index (χ1) is 14.7. The number of hydrogen-bond acceptors (Lipinski definition) is 5. The van der Waals surface area contributed by atoms with Gasteiger partial charge in [-0.15, -0.1) is 0 Å².